The maximum atomic E-state index is 13.1. The SMILES string of the molecule is CC(C)c1ccc(CNC(=O)C(=O)Nc2ccc(F)c(Cl)c2)cc1. The van der Waals surface area contributed by atoms with Gasteiger partial charge in [-0.3, -0.25) is 9.59 Å². The molecule has 0 unspecified atom stereocenters. The second-order valence-electron chi connectivity index (χ2n) is 5.66. The van der Waals surface area contributed by atoms with E-state index in [1.807, 2.05) is 24.3 Å². The van der Waals surface area contributed by atoms with E-state index < -0.39 is 17.6 Å². The Morgan fingerprint density at radius 2 is 1.75 bits per heavy atom. The van der Waals surface area contributed by atoms with Crippen LogP contribution in [0.5, 0.6) is 0 Å². The molecule has 4 nitrogen and oxygen atoms in total. The van der Waals surface area contributed by atoms with E-state index in [-0.39, 0.29) is 17.3 Å². The summed E-state index contributed by atoms with van der Waals surface area (Å²) in [6.45, 7) is 4.44. The van der Waals surface area contributed by atoms with Crippen molar-refractivity contribution in [2.75, 3.05) is 5.32 Å². The fourth-order valence-corrected chi connectivity index (χ4v) is 2.23. The van der Waals surface area contributed by atoms with Crippen molar-refractivity contribution in [3.8, 4) is 0 Å². The Bertz CT molecular complexity index is 745. The number of amides is 2. The summed E-state index contributed by atoms with van der Waals surface area (Å²) in [5.41, 5.74) is 2.35. The van der Waals surface area contributed by atoms with Gasteiger partial charge in [0.25, 0.3) is 0 Å². The summed E-state index contributed by atoms with van der Waals surface area (Å²) >= 11 is 5.63. The Kier molecular flexibility index (Phi) is 5.93. The molecule has 0 spiro atoms. The molecule has 2 aromatic rings. The zero-order valence-corrected chi connectivity index (χ0v) is 14.2. The summed E-state index contributed by atoms with van der Waals surface area (Å²) in [5.74, 6) is -1.77. The average molecular weight is 349 g/mol. The number of hydrogen-bond acceptors (Lipinski definition) is 2. The van der Waals surface area contributed by atoms with Gasteiger partial charge in [-0.05, 0) is 35.2 Å². The van der Waals surface area contributed by atoms with Gasteiger partial charge in [0.2, 0.25) is 0 Å². The van der Waals surface area contributed by atoms with Gasteiger partial charge in [-0.1, -0.05) is 49.7 Å². The van der Waals surface area contributed by atoms with E-state index in [2.05, 4.69) is 24.5 Å². The summed E-state index contributed by atoms with van der Waals surface area (Å²) in [5, 5.41) is 4.78. The van der Waals surface area contributed by atoms with Crippen LogP contribution in [-0.2, 0) is 16.1 Å². The molecule has 0 heterocycles. The molecule has 0 bridgehead atoms. The van der Waals surface area contributed by atoms with Crippen molar-refractivity contribution in [2.45, 2.75) is 26.3 Å². The van der Waals surface area contributed by atoms with E-state index in [0.29, 0.717) is 5.92 Å². The monoisotopic (exact) mass is 348 g/mol. The number of hydrogen-bond donors (Lipinski definition) is 2. The molecule has 2 amide bonds. The quantitative estimate of drug-likeness (QED) is 0.824. The number of rotatable bonds is 4. The highest BCUT2D eigenvalue weighted by Crippen LogP contribution is 2.19. The molecule has 2 rings (SSSR count). The van der Waals surface area contributed by atoms with Crippen LogP contribution in [0.2, 0.25) is 5.02 Å². The summed E-state index contributed by atoms with van der Waals surface area (Å²) in [6, 6.07) is 11.5. The van der Waals surface area contributed by atoms with E-state index in [9.17, 15) is 14.0 Å². The molecule has 0 aliphatic rings. The fraction of sp³-hybridized carbons (Fsp3) is 0.222. The molecule has 6 heteroatoms. The topological polar surface area (TPSA) is 58.2 Å². The predicted molar refractivity (Wildman–Crippen MR) is 92.4 cm³/mol. The van der Waals surface area contributed by atoms with Crippen LogP contribution in [0.3, 0.4) is 0 Å². The van der Waals surface area contributed by atoms with Gasteiger partial charge in [0.1, 0.15) is 5.82 Å². The molecule has 0 atom stereocenters. The van der Waals surface area contributed by atoms with Crippen molar-refractivity contribution in [1.82, 2.24) is 5.32 Å². The molecule has 0 aromatic heterocycles. The van der Waals surface area contributed by atoms with E-state index in [1.54, 1.807) is 0 Å². The van der Waals surface area contributed by atoms with Crippen molar-refractivity contribution >= 4 is 29.1 Å². The van der Waals surface area contributed by atoms with E-state index in [0.717, 1.165) is 11.6 Å². The maximum absolute atomic E-state index is 13.1. The lowest BCUT2D eigenvalue weighted by Crippen LogP contribution is -2.34. The van der Waals surface area contributed by atoms with Crippen molar-refractivity contribution < 1.29 is 14.0 Å². The lowest BCUT2D eigenvalue weighted by atomic mass is 10.0. The maximum Gasteiger partial charge on any atom is 0.313 e. The summed E-state index contributed by atoms with van der Waals surface area (Å²) in [6.07, 6.45) is 0. The number of benzene rings is 2. The number of halogens is 2. The molecule has 0 aliphatic heterocycles. The third-order valence-electron chi connectivity index (χ3n) is 3.48. The second-order valence-corrected chi connectivity index (χ2v) is 6.07. The largest absolute Gasteiger partial charge is 0.344 e. The van der Waals surface area contributed by atoms with Gasteiger partial charge in [-0.25, -0.2) is 4.39 Å². The Morgan fingerprint density at radius 1 is 1.08 bits per heavy atom. The fourth-order valence-electron chi connectivity index (χ4n) is 2.04. The first-order valence-corrected chi connectivity index (χ1v) is 7.87. The summed E-state index contributed by atoms with van der Waals surface area (Å²) in [7, 11) is 0. The summed E-state index contributed by atoms with van der Waals surface area (Å²) < 4.78 is 13.1. The molecule has 0 fully saturated rings. The van der Waals surface area contributed by atoms with Crippen molar-refractivity contribution in [3.63, 3.8) is 0 Å². The molecule has 2 aromatic carbocycles. The van der Waals surface area contributed by atoms with Crippen molar-refractivity contribution in [2.24, 2.45) is 0 Å². The van der Waals surface area contributed by atoms with Gasteiger partial charge in [-0.2, -0.15) is 0 Å². The number of nitrogens with one attached hydrogen (secondary N) is 2. The number of carbonyl (C=O) groups is 2. The molecular formula is C18H18ClFN2O2. The van der Waals surface area contributed by atoms with Crippen LogP contribution in [0.1, 0.15) is 30.9 Å². The molecule has 2 N–H and O–H groups in total. The zero-order chi connectivity index (χ0) is 17.7. The molecule has 0 radical (unpaired) electrons. The van der Waals surface area contributed by atoms with Crippen molar-refractivity contribution in [1.29, 1.82) is 0 Å². The third-order valence-corrected chi connectivity index (χ3v) is 3.77. The summed E-state index contributed by atoms with van der Waals surface area (Å²) in [4.78, 5) is 23.6. The Hall–Kier alpha value is -2.40. The van der Waals surface area contributed by atoms with Gasteiger partial charge in [-0.15, -0.1) is 0 Å². The molecule has 0 saturated heterocycles. The van der Waals surface area contributed by atoms with Crippen LogP contribution >= 0.6 is 11.6 Å². The highest BCUT2D eigenvalue weighted by atomic mass is 35.5. The smallest absolute Gasteiger partial charge is 0.313 e. The highest BCUT2D eigenvalue weighted by Gasteiger charge is 2.14. The van der Waals surface area contributed by atoms with Gasteiger partial charge < -0.3 is 10.6 Å². The minimum atomic E-state index is -0.837. The first-order chi connectivity index (χ1) is 11.4. The molecule has 0 aliphatic carbocycles. The van der Waals surface area contributed by atoms with E-state index in [1.165, 1.54) is 17.7 Å². The Balaban J connectivity index is 1.89. The standard InChI is InChI=1S/C18H18ClFN2O2/c1-11(2)13-5-3-12(4-6-13)10-21-17(23)18(24)22-14-7-8-16(20)15(19)9-14/h3-9,11H,10H2,1-2H3,(H,21,23)(H,22,24). The van der Waals surface area contributed by atoms with E-state index in [4.69, 9.17) is 11.6 Å². The van der Waals surface area contributed by atoms with Gasteiger partial charge in [0.05, 0.1) is 5.02 Å². The Morgan fingerprint density at radius 3 is 2.33 bits per heavy atom. The highest BCUT2D eigenvalue weighted by molar-refractivity contribution is 6.39. The molecular weight excluding hydrogens is 331 g/mol. The minimum absolute atomic E-state index is 0.126. The first kappa shape index (κ1) is 17.9. The average Bonchev–Trinajstić information content (AvgIpc) is 2.56. The minimum Gasteiger partial charge on any atom is -0.344 e. The Labute approximate surface area is 145 Å². The van der Waals surface area contributed by atoms with Crippen molar-refractivity contribution in [3.05, 3.63) is 64.4 Å². The zero-order valence-electron chi connectivity index (χ0n) is 13.4. The second kappa shape index (κ2) is 7.93. The van der Waals surface area contributed by atoms with Crippen LogP contribution in [-0.4, -0.2) is 11.8 Å². The molecule has 24 heavy (non-hydrogen) atoms. The van der Waals surface area contributed by atoms with Crippen LogP contribution < -0.4 is 10.6 Å². The van der Waals surface area contributed by atoms with Gasteiger partial charge in [0.15, 0.2) is 0 Å². The van der Waals surface area contributed by atoms with Gasteiger partial charge in [0, 0.05) is 12.2 Å². The number of carbonyl (C=O) groups excluding carboxylic acids is 2. The van der Waals surface area contributed by atoms with Crippen LogP contribution in [0.25, 0.3) is 0 Å². The van der Waals surface area contributed by atoms with Gasteiger partial charge >= 0.3 is 11.8 Å². The molecule has 126 valence electrons. The van der Waals surface area contributed by atoms with E-state index >= 15 is 0 Å². The number of anilines is 1. The first-order valence-electron chi connectivity index (χ1n) is 7.50. The predicted octanol–water partition coefficient (Wildman–Crippen LogP) is 3.86. The van der Waals surface area contributed by atoms with Crippen LogP contribution in [0, 0.1) is 5.82 Å². The normalized spacial score (nSPS) is 10.5. The third kappa shape index (κ3) is 4.80. The van der Waals surface area contributed by atoms with Crippen LogP contribution in [0.4, 0.5) is 10.1 Å². The van der Waals surface area contributed by atoms with Crippen LogP contribution in [0.15, 0.2) is 42.5 Å². The lowest BCUT2D eigenvalue weighted by molar-refractivity contribution is -0.136. The molecule has 0 saturated carbocycles. The lowest BCUT2D eigenvalue weighted by Gasteiger charge is -2.09.